The summed E-state index contributed by atoms with van der Waals surface area (Å²) < 4.78 is 5.88. The summed E-state index contributed by atoms with van der Waals surface area (Å²) >= 11 is 0. The number of piperidine rings is 1. The van der Waals surface area contributed by atoms with E-state index in [0.29, 0.717) is 12.8 Å². The lowest BCUT2D eigenvalue weighted by Gasteiger charge is -2.26. The Hall–Kier alpha value is -2.03. The minimum absolute atomic E-state index is 0.257. The Morgan fingerprint density at radius 3 is 2.50 bits per heavy atom. The fourth-order valence-corrected chi connectivity index (χ4v) is 2.92. The molecule has 1 aromatic heterocycles. The number of hydrogen-bond donors (Lipinski definition) is 0. The summed E-state index contributed by atoms with van der Waals surface area (Å²) in [6, 6.07) is 12.3. The van der Waals surface area contributed by atoms with Crippen LogP contribution < -0.4 is 0 Å². The molecule has 0 atom stereocenters. The molecule has 0 aliphatic carbocycles. The third-order valence-corrected chi connectivity index (χ3v) is 4.29. The molecular weight excluding hydrogens is 274 g/mol. The lowest BCUT2D eigenvalue weighted by atomic mass is 10.1. The van der Waals surface area contributed by atoms with Gasteiger partial charge in [0.25, 0.3) is 0 Å². The molecule has 1 aromatic carbocycles. The van der Waals surface area contributed by atoms with Gasteiger partial charge in [-0.25, -0.2) is 0 Å². The van der Waals surface area contributed by atoms with Gasteiger partial charge in [0.05, 0.1) is 0 Å². The van der Waals surface area contributed by atoms with E-state index in [1.54, 1.807) is 0 Å². The number of amides is 1. The second-order valence-electron chi connectivity index (χ2n) is 6.07. The van der Waals surface area contributed by atoms with E-state index in [1.807, 2.05) is 17.0 Å². The van der Waals surface area contributed by atoms with Gasteiger partial charge in [0.15, 0.2) is 0 Å². The highest BCUT2D eigenvalue weighted by Crippen LogP contribution is 2.23. The average molecular weight is 297 g/mol. The van der Waals surface area contributed by atoms with Crippen molar-refractivity contribution in [1.82, 2.24) is 4.90 Å². The average Bonchev–Trinajstić information content (AvgIpc) is 3.03. The van der Waals surface area contributed by atoms with Crippen molar-refractivity contribution in [2.75, 3.05) is 13.1 Å². The second kappa shape index (κ2) is 6.82. The van der Waals surface area contributed by atoms with E-state index in [9.17, 15) is 4.79 Å². The van der Waals surface area contributed by atoms with Gasteiger partial charge >= 0.3 is 0 Å². The molecular formula is C19H23NO2. The van der Waals surface area contributed by atoms with E-state index < -0.39 is 0 Å². The first-order valence-corrected chi connectivity index (χ1v) is 8.16. The third-order valence-electron chi connectivity index (χ3n) is 4.29. The van der Waals surface area contributed by atoms with Crippen molar-refractivity contribution in [3.8, 4) is 11.3 Å². The smallest absolute Gasteiger partial charge is 0.223 e. The van der Waals surface area contributed by atoms with Crippen LogP contribution in [0.4, 0.5) is 0 Å². The molecule has 0 bridgehead atoms. The number of carbonyl (C=O) groups excluding carboxylic acids is 1. The largest absolute Gasteiger partial charge is 0.461 e. The Bertz CT molecular complexity index is 621. The SMILES string of the molecule is Cc1ccc(-c2ccc(CCC(=O)N3CCCCC3)o2)cc1. The van der Waals surface area contributed by atoms with Gasteiger partial charge in [-0.3, -0.25) is 4.79 Å². The quantitative estimate of drug-likeness (QED) is 0.847. The number of carbonyl (C=O) groups is 1. The van der Waals surface area contributed by atoms with Gasteiger partial charge in [-0.15, -0.1) is 0 Å². The topological polar surface area (TPSA) is 33.5 Å². The van der Waals surface area contributed by atoms with Crippen molar-refractivity contribution in [3.05, 3.63) is 47.7 Å². The lowest BCUT2D eigenvalue weighted by molar-refractivity contribution is -0.132. The Balaban J connectivity index is 1.57. The van der Waals surface area contributed by atoms with Crippen LogP contribution in [-0.4, -0.2) is 23.9 Å². The molecule has 116 valence electrons. The van der Waals surface area contributed by atoms with Crippen molar-refractivity contribution >= 4 is 5.91 Å². The zero-order valence-electron chi connectivity index (χ0n) is 13.2. The number of furan rings is 1. The van der Waals surface area contributed by atoms with E-state index >= 15 is 0 Å². The maximum Gasteiger partial charge on any atom is 0.223 e. The van der Waals surface area contributed by atoms with Crippen molar-refractivity contribution in [2.45, 2.75) is 39.0 Å². The Kier molecular flexibility index (Phi) is 4.62. The molecule has 0 N–H and O–H groups in total. The van der Waals surface area contributed by atoms with Crippen LogP contribution in [0.25, 0.3) is 11.3 Å². The van der Waals surface area contributed by atoms with Crippen LogP contribution in [0.5, 0.6) is 0 Å². The molecule has 1 amide bonds. The number of aryl methyl sites for hydroxylation is 2. The van der Waals surface area contributed by atoms with Gasteiger partial charge in [0.2, 0.25) is 5.91 Å². The van der Waals surface area contributed by atoms with Crippen LogP contribution in [-0.2, 0) is 11.2 Å². The number of likely N-dealkylation sites (tertiary alicyclic amines) is 1. The molecule has 1 saturated heterocycles. The van der Waals surface area contributed by atoms with Gasteiger partial charge in [-0.1, -0.05) is 29.8 Å². The van der Waals surface area contributed by atoms with Crippen molar-refractivity contribution < 1.29 is 9.21 Å². The normalized spacial score (nSPS) is 15.0. The van der Waals surface area contributed by atoms with Crippen LogP contribution >= 0.6 is 0 Å². The minimum Gasteiger partial charge on any atom is -0.461 e. The van der Waals surface area contributed by atoms with E-state index in [0.717, 1.165) is 43.0 Å². The Morgan fingerprint density at radius 1 is 1.05 bits per heavy atom. The molecule has 3 rings (SSSR count). The molecule has 2 heterocycles. The summed E-state index contributed by atoms with van der Waals surface area (Å²) in [5.74, 6) is 2.02. The maximum atomic E-state index is 12.2. The van der Waals surface area contributed by atoms with Crippen LogP contribution in [0.2, 0.25) is 0 Å². The summed E-state index contributed by atoms with van der Waals surface area (Å²) in [4.78, 5) is 14.2. The predicted octanol–water partition coefficient (Wildman–Crippen LogP) is 4.20. The number of rotatable bonds is 4. The van der Waals surface area contributed by atoms with Gasteiger partial charge in [-0.05, 0) is 38.3 Å². The zero-order valence-corrected chi connectivity index (χ0v) is 13.2. The summed E-state index contributed by atoms with van der Waals surface area (Å²) in [5.41, 5.74) is 2.32. The molecule has 0 spiro atoms. The first-order chi connectivity index (χ1) is 10.7. The second-order valence-corrected chi connectivity index (χ2v) is 6.07. The minimum atomic E-state index is 0.257. The molecule has 3 heteroatoms. The fraction of sp³-hybridized carbons (Fsp3) is 0.421. The standard InChI is InChI=1S/C19H23NO2/c1-15-5-7-16(8-6-15)18-11-9-17(22-18)10-12-19(21)20-13-3-2-4-14-20/h5-9,11H,2-4,10,12-14H2,1H3. The highest BCUT2D eigenvalue weighted by Gasteiger charge is 2.16. The van der Waals surface area contributed by atoms with Crippen LogP contribution in [0.3, 0.4) is 0 Å². The Labute approximate surface area is 131 Å². The van der Waals surface area contributed by atoms with E-state index in [-0.39, 0.29) is 5.91 Å². The number of benzene rings is 1. The van der Waals surface area contributed by atoms with E-state index in [2.05, 4.69) is 31.2 Å². The van der Waals surface area contributed by atoms with E-state index in [4.69, 9.17) is 4.42 Å². The van der Waals surface area contributed by atoms with Crippen molar-refractivity contribution in [3.63, 3.8) is 0 Å². The highest BCUT2D eigenvalue weighted by atomic mass is 16.3. The third kappa shape index (κ3) is 3.59. The van der Waals surface area contributed by atoms with Gasteiger partial charge in [0.1, 0.15) is 11.5 Å². The maximum absolute atomic E-state index is 12.2. The van der Waals surface area contributed by atoms with Crippen LogP contribution in [0.15, 0.2) is 40.8 Å². The molecule has 1 aliphatic heterocycles. The van der Waals surface area contributed by atoms with Crippen molar-refractivity contribution in [1.29, 1.82) is 0 Å². The molecule has 1 aliphatic rings. The monoisotopic (exact) mass is 297 g/mol. The molecule has 1 fully saturated rings. The van der Waals surface area contributed by atoms with Crippen LogP contribution in [0.1, 0.15) is 37.0 Å². The van der Waals surface area contributed by atoms with E-state index in [1.165, 1.54) is 12.0 Å². The lowest BCUT2D eigenvalue weighted by Crippen LogP contribution is -2.35. The molecule has 0 radical (unpaired) electrons. The summed E-state index contributed by atoms with van der Waals surface area (Å²) in [5, 5.41) is 0. The zero-order chi connectivity index (χ0) is 15.4. The molecule has 3 nitrogen and oxygen atoms in total. The molecule has 0 saturated carbocycles. The highest BCUT2D eigenvalue weighted by molar-refractivity contribution is 5.76. The van der Waals surface area contributed by atoms with Crippen molar-refractivity contribution in [2.24, 2.45) is 0 Å². The van der Waals surface area contributed by atoms with Gasteiger partial charge in [-0.2, -0.15) is 0 Å². The predicted molar refractivity (Wildman–Crippen MR) is 87.6 cm³/mol. The Morgan fingerprint density at radius 2 is 1.77 bits per heavy atom. The first kappa shape index (κ1) is 14.9. The summed E-state index contributed by atoms with van der Waals surface area (Å²) in [6.45, 7) is 3.92. The first-order valence-electron chi connectivity index (χ1n) is 8.16. The van der Waals surface area contributed by atoms with Gasteiger partial charge < -0.3 is 9.32 Å². The summed E-state index contributed by atoms with van der Waals surface area (Å²) in [6.07, 6.45) is 4.76. The summed E-state index contributed by atoms with van der Waals surface area (Å²) in [7, 11) is 0. The molecule has 0 unspecified atom stereocenters. The number of nitrogens with zero attached hydrogens (tertiary/aromatic N) is 1. The fourth-order valence-electron chi connectivity index (χ4n) is 2.92. The molecule has 22 heavy (non-hydrogen) atoms. The molecule has 2 aromatic rings. The van der Waals surface area contributed by atoms with Gasteiger partial charge in [0, 0.05) is 31.5 Å². The van der Waals surface area contributed by atoms with Crippen LogP contribution in [0, 0.1) is 6.92 Å². The number of hydrogen-bond acceptors (Lipinski definition) is 2.